The van der Waals surface area contributed by atoms with Crippen LogP contribution in [0.4, 0.5) is 4.39 Å². The number of thiophene rings is 1. The summed E-state index contributed by atoms with van der Waals surface area (Å²) in [6, 6.07) is 8.55. The van der Waals surface area contributed by atoms with Gasteiger partial charge in [-0.25, -0.2) is 9.37 Å². The topological polar surface area (TPSA) is 17.8 Å². The molecule has 1 aromatic carbocycles. The molecule has 6 heteroatoms. The van der Waals surface area contributed by atoms with Gasteiger partial charge in [0.2, 0.25) is 0 Å². The zero-order valence-electron chi connectivity index (χ0n) is 11.3. The van der Waals surface area contributed by atoms with Crippen LogP contribution in [0.1, 0.15) is 23.7 Å². The first kappa shape index (κ1) is 14.8. The Balaban J connectivity index is 2.18. The molecular weight excluding hydrogens is 330 g/mol. The summed E-state index contributed by atoms with van der Waals surface area (Å²) < 4.78 is 16.4. The fourth-order valence-corrected chi connectivity index (χ4v) is 3.76. The van der Waals surface area contributed by atoms with Crippen LogP contribution in [-0.2, 0) is 6.42 Å². The third kappa shape index (κ3) is 2.80. The quantitative estimate of drug-likeness (QED) is 0.589. The third-order valence-corrected chi connectivity index (χ3v) is 5.03. The SMILES string of the molecule is CC(c1ccc(Cl)s1)n1c(CCCl)nc2ccc(F)cc21. The van der Waals surface area contributed by atoms with E-state index in [1.54, 1.807) is 6.07 Å². The first-order chi connectivity index (χ1) is 10.1. The molecule has 0 radical (unpaired) electrons. The van der Waals surface area contributed by atoms with Crippen molar-refractivity contribution in [2.75, 3.05) is 5.88 Å². The molecule has 1 atom stereocenters. The van der Waals surface area contributed by atoms with E-state index in [9.17, 15) is 4.39 Å². The summed E-state index contributed by atoms with van der Waals surface area (Å²) >= 11 is 13.4. The highest BCUT2D eigenvalue weighted by Gasteiger charge is 2.18. The van der Waals surface area contributed by atoms with Crippen molar-refractivity contribution in [1.29, 1.82) is 0 Å². The Hall–Kier alpha value is -1.10. The zero-order chi connectivity index (χ0) is 15.0. The lowest BCUT2D eigenvalue weighted by Crippen LogP contribution is -2.10. The standard InChI is InChI=1S/C15H13Cl2FN2S/c1-9(13-4-5-14(17)21-13)20-12-8-10(18)2-3-11(12)19-15(20)6-7-16/h2-5,8-9H,6-7H2,1H3. The third-order valence-electron chi connectivity index (χ3n) is 3.44. The molecule has 0 aliphatic rings. The maximum absolute atomic E-state index is 13.6. The second-order valence-electron chi connectivity index (χ2n) is 4.79. The van der Waals surface area contributed by atoms with Crippen molar-refractivity contribution < 1.29 is 4.39 Å². The molecule has 3 rings (SSSR count). The smallest absolute Gasteiger partial charge is 0.125 e. The van der Waals surface area contributed by atoms with Gasteiger partial charge in [-0.15, -0.1) is 22.9 Å². The van der Waals surface area contributed by atoms with E-state index in [0.29, 0.717) is 12.3 Å². The number of nitrogens with zero attached hydrogens (tertiary/aromatic N) is 2. The predicted octanol–water partition coefficient (Wildman–Crippen LogP) is 5.28. The predicted molar refractivity (Wildman–Crippen MR) is 87.3 cm³/mol. The summed E-state index contributed by atoms with van der Waals surface area (Å²) in [5, 5.41) is 0. The number of imidazole rings is 1. The van der Waals surface area contributed by atoms with Gasteiger partial charge in [0, 0.05) is 17.2 Å². The number of rotatable bonds is 4. The number of fused-ring (bicyclic) bond motifs is 1. The maximum atomic E-state index is 13.6. The van der Waals surface area contributed by atoms with Gasteiger partial charge in [0.25, 0.3) is 0 Å². The number of aryl methyl sites for hydroxylation is 1. The minimum Gasteiger partial charge on any atom is -0.320 e. The number of hydrogen-bond acceptors (Lipinski definition) is 2. The van der Waals surface area contributed by atoms with Crippen molar-refractivity contribution in [3.8, 4) is 0 Å². The van der Waals surface area contributed by atoms with Gasteiger partial charge in [-0.05, 0) is 37.3 Å². The van der Waals surface area contributed by atoms with E-state index in [4.69, 9.17) is 23.2 Å². The van der Waals surface area contributed by atoms with Crippen LogP contribution in [0.15, 0.2) is 30.3 Å². The van der Waals surface area contributed by atoms with Crippen molar-refractivity contribution >= 4 is 45.6 Å². The Kier molecular flexibility index (Phi) is 4.20. The molecular formula is C15H13Cl2FN2S. The van der Waals surface area contributed by atoms with E-state index in [-0.39, 0.29) is 11.9 Å². The van der Waals surface area contributed by atoms with Crippen molar-refractivity contribution in [3.05, 3.63) is 51.2 Å². The van der Waals surface area contributed by atoms with Crippen LogP contribution in [-0.4, -0.2) is 15.4 Å². The number of benzene rings is 1. The average molecular weight is 343 g/mol. The average Bonchev–Trinajstić information content (AvgIpc) is 3.02. The first-order valence-corrected chi connectivity index (χ1v) is 8.30. The van der Waals surface area contributed by atoms with E-state index >= 15 is 0 Å². The fourth-order valence-electron chi connectivity index (χ4n) is 2.49. The minimum atomic E-state index is -0.266. The molecule has 2 aromatic heterocycles. The molecule has 3 aromatic rings. The Morgan fingerprint density at radius 3 is 2.81 bits per heavy atom. The lowest BCUT2D eigenvalue weighted by atomic mass is 10.2. The Morgan fingerprint density at radius 2 is 2.14 bits per heavy atom. The highest BCUT2D eigenvalue weighted by molar-refractivity contribution is 7.16. The van der Waals surface area contributed by atoms with Crippen LogP contribution in [0.5, 0.6) is 0 Å². The number of aromatic nitrogens is 2. The number of hydrogen-bond donors (Lipinski definition) is 0. The van der Waals surface area contributed by atoms with Gasteiger partial charge in [0.05, 0.1) is 21.4 Å². The van der Waals surface area contributed by atoms with Gasteiger partial charge in [-0.3, -0.25) is 0 Å². The summed E-state index contributed by atoms with van der Waals surface area (Å²) in [6.45, 7) is 2.06. The van der Waals surface area contributed by atoms with Gasteiger partial charge in [0.15, 0.2) is 0 Å². The van der Waals surface area contributed by atoms with Crippen molar-refractivity contribution in [2.24, 2.45) is 0 Å². The molecule has 0 aliphatic carbocycles. The number of halogens is 3. The highest BCUT2D eigenvalue weighted by atomic mass is 35.5. The van der Waals surface area contributed by atoms with Crippen LogP contribution in [0.3, 0.4) is 0 Å². The molecule has 1 unspecified atom stereocenters. The second kappa shape index (κ2) is 5.95. The Morgan fingerprint density at radius 1 is 1.33 bits per heavy atom. The Bertz CT molecular complexity index is 781. The van der Waals surface area contributed by atoms with E-state index in [1.165, 1.54) is 23.5 Å². The van der Waals surface area contributed by atoms with Crippen LogP contribution in [0, 0.1) is 5.82 Å². The molecule has 0 fully saturated rings. The molecule has 0 spiro atoms. The lowest BCUT2D eigenvalue weighted by molar-refractivity contribution is 0.618. The Labute approximate surface area is 136 Å². The monoisotopic (exact) mass is 342 g/mol. The first-order valence-electron chi connectivity index (χ1n) is 6.57. The lowest BCUT2D eigenvalue weighted by Gasteiger charge is -2.16. The molecule has 110 valence electrons. The summed E-state index contributed by atoms with van der Waals surface area (Å²) in [5.74, 6) is 1.07. The summed E-state index contributed by atoms with van der Waals surface area (Å²) in [7, 11) is 0. The van der Waals surface area contributed by atoms with Crippen LogP contribution in [0.25, 0.3) is 11.0 Å². The van der Waals surface area contributed by atoms with Gasteiger partial charge in [-0.1, -0.05) is 11.6 Å². The fraction of sp³-hybridized carbons (Fsp3) is 0.267. The van der Waals surface area contributed by atoms with Crippen molar-refractivity contribution in [3.63, 3.8) is 0 Å². The summed E-state index contributed by atoms with van der Waals surface area (Å²) in [6.07, 6.45) is 0.640. The molecule has 0 N–H and O–H groups in total. The van der Waals surface area contributed by atoms with Crippen molar-refractivity contribution in [2.45, 2.75) is 19.4 Å². The van der Waals surface area contributed by atoms with Gasteiger partial charge < -0.3 is 4.57 Å². The number of alkyl halides is 1. The van der Waals surface area contributed by atoms with Crippen LogP contribution in [0.2, 0.25) is 4.34 Å². The normalized spacial score (nSPS) is 13.0. The molecule has 0 amide bonds. The highest BCUT2D eigenvalue weighted by Crippen LogP contribution is 2.32. The molecule has 0 saturated heterocycles. The van der Waals surface area contributed by atoms with Gasteiger partial charge in [0.1, 0.15) is 11.6 Å². The summed E-state index contributed by atoms with van der Waals surface area (Å²) in [5.41, 5.74) is 1.57. The second-order valence-corrected chi connectivity index (χ2v) is 6.91. The molecule has 0 aliphatic heterocycles. The van der Waals surface area contributed by atoms with Crippen LogP contribution >= 0.6 is 34.5 Å². The van der Waals surface area contributed by atoms with Crippen LogP contribution < -0.4 is 0 Å². The summed E-state index contributed by atoms with van der Waals surface area (Å²) in [4.78, 5) is 5.69. The largest absolute Gasteiger partial charge is 0.320 e. The molecule has 2 nitrogen and oxygen atoms in total. The van der Waals surface area contributed by atoms with Gasteiger partial charge in [-0.2, -0.15) is 0 Å². The molecule has 21 heavy (non-hydrogen) atoms. The van der Waals surface area contributed by atoms with E-state index in [0.717, 1.165) is 26.1 Å². The maximum Gasteiger partial charge on any atom is 0.125 e. The van der Waals surface area contributed by atoms with Crippen molar-refractivity contribution in [1.82, 2.24) is 9.55 Å². The zero-order valence-corrected chi connectivity index (χ0v) is 13.6. The van der Waals surface area contributed by atoms with E-state index in [1.807, 2.05) is 16.7 Å². The molecule has 2 heterocycles. The van der Waals surface area contributed by atoms with Gasteiger partial charge >= 0.3 is 0 Å². The molecule has 0 bridgehead atoms. The van der Waals surface area contributed by atoms with E-state index in [2.05, 4.69) is 11.9 Å². The van der Waals surface area contributed by atoms with E-state index < -0.39 is 0 Å². The minimum absolute atomic E-state index is 0.0347. The molecule has 0 saturated carbocycles.